The third kappa shape index (κ3) is 0.688. The van der Waals surface area contributed by atoms with Gasteiger partial charge in [0.05, 0.1) is 0 Å². The molecule has 0 bridgehead atoms. The van der Waals surface area contributed by atoms with Gasteiger partial charge in [-0.3, -0.25) is 0 Å². The molecule has 0 unspecified atom stereocenters. The molecule has 32 valence electrons. The number of nitriles is 1. The van der Waals surface area contributed by atoms with Crippen molar-refractivity contribution in [1.82, 2.24) is 0 Å². The van der Waals surface area contributed by atoms with E-state index in [-0.39, 0.29) is 0 Å². The first-order chi connectivity index (χ1) is 3.43. The SMILES string of the molecule is N#Cc1ccbo1. The topological polar surface area (TPSA) is 36.9 Å². The van der Waals surface area contributed by atoms with E-state index in [1.165, 1.54) is 7.13 Å². The molecule has 7 heavy (non-hydrogen) atoms. The Hall–Kier alpha value is -1.04. The normalized spacial score (nSPS) is 7.29. The molecule has 1 aromatic heterocycles. The molecule has 0 saturated heterocycles. The van der Waals surface area contributed by atoms with Crippen LogP contribution in [0.15, 0.2) is 16.4 Å². The average molecular weight is 90.9 g/mol. The van der Waals surface area contributed by atoms with Gasteiger partial charge >= 0.3 is 40.6 Å². The van der Waals surface area contributed by atoms with Gasteiger partial charge in [0.2, 0.25) is 0 Å². The van der Waals surface area contributed by atoms with Gasteiger partial charge in [-0.1, -0.05) is 0 Å². The predicted molar refractivity (Wildman–Crippen MR) is 24.8 cm³/mol. The fourth-order valence-corrected chi connectivity index (χ4v) is 0.342. The Morgan fingerprint density at radius 2 is 2.71 bits per heavy atom. The van der Waals surface area contributed by atoms with Gasteiger partial charge in [-0.25, -0.2) is 0 Å². The van der Waals surface area contributed by atoms with Crippen LogP contribution in [0.5, 0.6) is 0 Å². The first-order valence-corrected chi connectivity index (χ1v) is 1.87. The molecule has 0 N–H and O–H groups in total. The number of hydrogen-bond acceptors (Lipinski definition) is 2. The van der Waals surface area contributed by atoms with Gasteiger partial charge in [0.25, 0.3) is 0 Å². The molecule has 0 fully saturated rings. The van der Waals surface area contributed by atoms with E-state index in [1.54, 1.807) is 12.0 Å². The molecule has 2 nitrogen and oxygen atoms in total. The first kappa shape index (κ1) is 4.13. The summed E-state index contributed by atoms with van der Waals surface area (Å²) in [6, 6.07) is 3.45. The van der Waals surface area contributed by atoms with Crippen LogP contribution in [0.2, 0.25) is 0 Å². The maximum absolute atomic E-state index is 8.08. The Bertz CT molecular complexity index is 174. The zero-order valence-electron chi connectivity index (χ0n) is 3.59. The van der Waals surface area contributed by atoms with Crippen LogP contribution in [-0.2, 0) is 0 Å². The van der Waals surface area contributed by atoms with Crippen LogP contribution in [-0.4, -0.2) is 7.13 Å². The minimum atomic E-state index is 0.361. The van der Waals surface area contributed by atoms with Crippen molar-refractivity contribution in [1.29, 1.82) is 5.26 Å². The van der Waals surface area contributed by atoms with Gasteiger partial charge in [0, 0.05) is 0 Å². The van der Waals surface area contributed by atoms with Crippen molar-refractivity contribution in [2.75, 3.05) is 0 Å². The molecule has 0 aliphatic rings. The van der Waals surface area contributed by atoms with Crippen LogP contribution in [0.25, 0.3) is 0 Å². The van der Waals surface area contributed by atoms with E-state index in [0.717, 1.165) is 0 Å². The summed E-state index contributed by atoms with van der Waals surface area (Å²) >= 11 is 0. The van der Waals surface area contributed by atoms with Crippen LogP contribution in [0.3, 0.4) is 0 Å². The summed E-state index contributed by atoms with van der Waals surface area (Å²) in [6.45, 7) is 0. The average Bonchev–Trinajstić information content (AvgIpc) is 2.14. The maximum atomic E-state index is 8.08. The van der Waals surface area contributed by atoms with E-state index in [0.29, 0.717) is 5.76 Å². The van der Waals surface area contributed by atoms with E-state index in [9.17, 15) is 0 Å². The van der Waals surface area contributed by atoms with Crippen LogP contribution in [0.4, 0.5) is 0 Å². The Morgan fingerprint density at radius 1 is 1.86 bits per heavy atom. The van der Waals surface area contributed by atoms with Gasteiger partial charge in [-0.05, 0) is 0 Å². The predicted octanol–water partition coefficient (Wildman–Crippen LogP) is 0.489. The molecule has 0 spiro atoms. The molecule has 0 aromatic carbocycles. The monoisotopic (exact) mass is 91.0 g/mol. The summed E-state index contributed by atoms with van der Waals surface area (Å²) in [4.78, 5) is 0. The van der Waals surface area contributed by atoms with Gasteiger partial charge in [0.15, 0.2) is 0 Å². The van der Waals surface area contributed by atoms with Crippen molar-refractivity contribution in [3.05, 3.63) is 17.8 Å². The number of rotatable bonds is 0. The number of hydrogen-bond donors (Lipinski definition) is 0. The second kappa shape index (κ2) is 1.61. The second-order valence-corrected chi connectivity index (χ2v) is 1.09. The second-order valence-electron chi connectivity index (χ2n) is 1.09. The molecule has 0 amide bonds. The summed E-state index contributed by atoms with van der Waals surface area (Å²) < 4.78 is 4.62. The molecule has 1 rings (SSSR count). The molecule has 0 radical (unpaired) electrons. The fraction of sp³-hybridized carbons (Fsp3) is 0. The van der Waals surface area contributed by atoms with Crippen molar-refractivity contribution < 1.29 is 4.33 Å². The van der Waals surface area contributed by atoms with E-state index in [1.807, 2.05) is 6.07 Å². The molecule has 0 aliphatic heterocycles. The Labute approximate surface area is 41.6 Å². The van der Waals surface area contributed by atoms with Crippen LogP contribution >= 0.6 is 0 Å². The van der Waals surface area contributed by atoms with Crippen LogP contribution in [0.1, 0.15) is 5.76 Å². The molecule has 1 heterocycles. The standard InChI is InChI=1S/C4H2BNO/c6-3-4-1-2-5-7-4/h1-2H. The first-order valence-electron chi connectivity index (χ1n) is 1.87. The summed E-state index contributed by atoms with van der Waals surface area (Å²) in [7, 11) is 1.47. The van der Waals surface area contributed by atoms with Crippen molar-refractivity contribution in [2.45, 2.75) is 0 Å². The Kier molecular flexibility index (Phi) is 0.950. The molecular formula is C4H2BNO. The van der Waals surface area contributed by atoms with Gasteiger partial charge in [-0.2, -0.15) is 0 Å². The van der Waals surface area contributed by atoms with E-state index < -0.39 is 0 Å². The Morgan fingerprint density at radius 3 is 3.00 bits per heavy atom. The minimum absolute atomic E-state index is 0.361. The van der Waals surface area contributed by atoms with Crippen LogP contribution in [0, 0.1) is 11.3 Å². The summed E-state index contributed by atoms with van der Waals surface area (Å²) in [5.74, 6) is 2.04. The van der Waals surface area contributed by atoms with E-state index >= 15 is 0 Å². The van der Waals surface area contributed by atoms with Crippen molar-refractivity contribution >= 4 is 7.13 Å². The molecule has 0 aliphatic carbocycles. The quantitative estimate of drug-likeness (QED) is 0.465. The van der Waals surface area contributed by atoms with E-state index in [4.69, 9.17) is 5.26 Å². The zero-order chi connectivity index (χ0) is 5.11. The van der Waals surface area contributed by atoms with Crippen LogP contribution < -0.4 is 0 Å². The number of nitrogens with zero attached hydrogens (tertiary/aromatic N) is 1. The summed E-state index contributed by atoms with van der Waals surface area (Å²) in [5.41, 5.74) is 0. The zero-order valence-corrected chi connectivity index (χ0v) is 3.59. The van der Waals surface area contributed by atoms with E-state index in [2.05, 4.69) is 4.33 Å². The van der Waals surface area contributed by atoms with Crippen molar-refractivity contribution in [3.8, 4) is 6.07 Å². The fourth-order valence-electron chi connectivity index (χ4n) is 0.342. The molecule has 1 aromatic rings. The third-order valence-corrected chi connectivity index (χ3v) is 0.631. The van der Waals surface area contributed by atoms with Gasteiger partial charge < -0.3 is 0 Å². The van der Waals surface area contributed by atoms with Crippen molar-refractivity contribution in [2.24, 2.45) is 0 Å². The summed E-state index contributed by atoms with van der Waals surface area (Å²) in [6.07, 6.45) is 0. The van der Waals surface area contributed by atoms with Gasteiger partial charge in [0.1, 0.15) is 0 Å². The van der Waals surface area contributed by atoms with Gasteiger partial charge in [-0.15, -0.1) is 0 Å². The molecule has 0 atom stereocenters. The molecule has 3 heteroatoms. The molecule has 0 saturated carbocycles. The molecular weight excluding hydrogens is 88.9 g/mol. The summed E-state index contributed by atoms with van der Waals surface area (Å²) in [5, 5.41) is 8.08. The van der Waals surface area contributed by atoms with Crippen molar-refractivity contribution in [3.63, 3.8) is 0 Å². The third-order valence-electron chi connectivity index (χ3n) is 0.631. The Balaban J connectivity index is 3.04.